The van der Waals surface area contributed by atoms with Crippen molar-refractivity contribution in [2.75, 3.05) is 0 Å². The molecule has 0 aromatic carbocycles. The summed E-state index contributed by atoms with van der Waals surface area (Å²) in [6.07, 6.45) is 10.3. The van der Waals surface area contributed by atoms with Crippen LogP contribution in [0.5, 0.6) is 0 Å². The van der Waals surface area contributed by atoms with Gasteiger partial charge in [0.2, 0.25) is 0 Å². The summed E-state index contributed by atoms with van der Waals surface area (Å²) in [4.78, 5) is 0. The lowest BCUT2D eigenvalue weighted by Crippen LogP contribution is -2.36. The van der Waals surface area contributed by atoms with Crippen molar-refractivity contribution < 1.29 is 25.2 Å². The minimum absolute atomic E-state index is 0.0869. The summed E-state index contributed by atoms with van der Waals surface area (Å²) in [5.41, 5.74) is 2.33. The molecule has 5 nitrogen and oxygen atoms in total. The van der Waals surface area contributed by atoms with Crippen molar-refractivity contribution in [2.45, 2.75) is 109 Å². The Balaban J connectivity index is 1.46. The standard InChI is InChI=1S/C27H42O5/c1-16(12-21-15-27(4,31)25(30)32-21)22-9-10-23-18(6-5-11-26(22,23)3)7-8-19-13-20(28)14-24(29)17(19)2/h7-8,16,20-25,28-31H,2,5-6,9-15H2,1,3-4H3/b18-7+,19-8-/t16-,20-,21+,22-,23+,24+,25?,26-,27-/m1/s1. The summed E-state index contributed by atoms with van der Waals surface area (Å²) in [5.74, 6) is 1.63. The van der Waals surface area contributed by atoms with Gasteiger partial charge in [-0.2, -0.15) is 0 Å². The van der Waals surface area contributed by atoms with Crippen molar-refractivity contribution in [2.24, 2.45) is 23.2 Å². The normalized spacial score (nSPS) is 48.4. The van der Waals surface area contributed by atoms with Gasteiger partial charge < -0.3 is 25.2 Å². The molecule has 0 aromatic rings. The number of rotatable bonds is 4. The number of aliphatic hydroxyl groups is 4. The molecule has 0 bridgehead atoms. The van der Waals surface area contributed by atoms with Crippen LogP contribution in [-0.4, -0.2) is 50.6 Å². The van der Waals surface area contributed by atoms with Crippen LogP contribution in [-0.2, 0) is 4.74 Å². The summed E-state index contributed by atoms with van der Waals surface area (Å²) in [5, 5.41) is 40.4. The third kappa shape index (κ3) is 4.52. The molecule has 0 radical (unpaired) electrons. The fraction of sp³-hybridized carbons (Fsp3) is 0.778. The molecule has 180 valence electrons. The van der Waals surface area contributed by atoms with E-state index in [9.17, 15) is 20.4 Å². The van der Waals surface area contributed by atoms with Crippen molar-refractivity contribution in [3.8, 4) is 0 Å². The minimum Gasteiger partial charge on any atom is -0.393 e. The number of hydrogen-bond acceptors (Lipinski definition) is 5. The predicted molar refractivity (Wildman–Crippen MR) is 125 cm³/mol. The largest absolute Gasteiger partial charge is 0.393 e. The lowest BCUT2D eigenvalue weighted by molar-refractivity contribution is -0.163. The molecule has 3 saturated carbocycles. The number of allylic oxidation sites excluding steroid dienone is 3. The van der Waals surface area contributed by atoms with Gasteiger partial charge in [0.1, 0.15) is 5.60 Å². The van der Waals surface area contributed by atoms with E-state index >= 15 is 0 Å². The van der Waals surface area contributed by atoms with E-state index in [2.05, 4.69) is 32.6 Å². The Morgan fingerprint density at radius 3 is 2.62 bits per heavy atom. The highest BCUT2D eigenvalue weighted by Gasteiger charge is 2.52. The number of ether oxygens (including phenoxy) is 1. The molecule has 3 aliphatic carbocycles. The molecule has 0 spiro atoms. The van der Waals surface area contributed by atoms with Gasteiger partial charge in [0, 0.05) is 12.8 Å². The van der Waals surface area contributed by atoms with Gasteiger partial charge in [0.05, 0.1) is 18.3 Å². The van der Waals surface area contributed by atoms with E-state index in [-0.39, 0.29) is 11.5 Å². The van der Waals surface area contributed by atoms with Crippen LogP contribution in [0, 0.1) is 23.2 Å². The Bertz CT molecular complexity index is 783. The third-order valence-electron chi connectivity index (χ3n) is 9.12. The van der Waals surface area contributed by atoms with Gasteiger partial charge in [-0.15, -0.1) is 0 Å². The van der Waals surface area contributed by atoms with Crippen LogP contribution in [0.3, 0.4) is 0 Å². The Labute approximate surface area is 192 Å². The van der Waals surface area contributed by atoms with Gasteiger partial charge in [0.25, 0.3) is 0 Å². The summed E-state index contributed by atoms with van der Waals surface area (Å²) in [7, 11) is 0. The zero-order valence-electron chi connectivity index (χ0n) is 20.0. The predicted octanol–water partition coefficient (Wildman–Crippen LogP) is 4.01. The second-order valence-electron chi connectivity index (χ2n) is 11.5. The summed E-state index contributed by atoms with van der Waals surface area (Å²) in [6.45, 7) is 10.5. The summed E-state index contributed by atoms with van der Waals surface area (Å²) in [6, 6.07) is 0. The molecule has 1 unspecified atom stereocenters. The quantitative estimate of drug-likeness (QED) is 0.524. The minimum atomic E-state index is -1.15. The SMILES string of the molecule is C=C1/C(=C\C=C2/CCC[C@]3(C)[C@@H]([C@H](C)C[C@H]4C[C@@](C)(O)C(O)O4)CC[C@@H]23)C[C@@H](O)C[C@@H]1O. The fourth-order valence-corrected chi connectivity index (χ4v) is 7.34. The van der Waals surface area contributed by atoms with Crippen molar-refractivity contribution in [1.82, 2.24) is 0 Å². The van der Waals surface area contributed by atoms with Crippen molar-refractivity contribution >= 4 is 0 Å². The first-order chi connectivity index (χ1) is 15.0. The van der Waals surface area contributed by atoms with Crippen LogP contribution >= 0.6 is 0 Å². The Morgan fingerprint density at radius 1 is 1.19 bits per heavy atom. The Kier molecular flexibility index (Phi) is 6.79. The molecule has 32 heavy (non-hydrogen) atoms. The van der Waals surface area contributed by atoms with E-state index in [0.717, 1.165) is 24.0 Å². The van der Waals surface area contributed by atoms with E-state index in [4.69, 9.17) is 4.74 Å². The van der Waals surface area contributed by atoms with Crippen LogP contribution in [0.15, 0.2) is 35.5 Å². The van der Waals surface area contributed by atoms with Gasteiger partial charge in [0.15, 0.2) is 6.29 Å². The Hall–Kier alpha value is -0.980. The molecule has 1 aliphatic heterocycles. The molecule has 4 aliphatic rings. The highest BCUT2D eigenvalue weighted by molar-refractivity contribution is 5.38. The second kappa shape index (κ2) is 8.99. The molecule has 0 amide bonds. The highest BCUT2D eigenvalue weighted by Crippen LogP contribution is 2.60. The van der Waals surface area contributed by atoms with E-state index < -0.39 is 24.1 Å². The molecular weight excluding hydrogens is 404 g/mol. The highest BCUT2D eigenvalue weighted by atomic mass is 16.6. The van der Waals surface area contributed by atoms with E-state index in [1.54, 1.807) is 6.92 Å². The van der Waals surface area contributed by atoms with Crippen molar-refractivity contribution in [1.29, 1.82) is 0 Å². The van der Waals surface area contributed by atoms with E-state index in [0.29, 0.717) is 37.0 Å². The van der Waals surface area contributed by atoms with Gasteiger partial charge in [-0.3, -0.25) is 0 Å². The molecule has 4 N–H and O–H groups in total. The summed E-state index contributed by atoms with van der Waals surface area (Å²) < 4.78 is 5.67. The average molecular weight is 447 g/mol. The monoisotopic (exact) mass is 446 g/mol. The average Bonchev–Trinajstić information content (AvgIpc) is 3.18. The van der Waals surface area contributed by atoms with Gasteiger partial charge in [-0.05, 0) is 86.2 Å². The smallest absolute Gasteiger partial charge is 0.183 e. The lowest BCUT2D eigenvalue weighted by Gasteiger charge is -2.44. The molecule has 0 aromatic heterocycles. The molecular formula is C27H42O5. The maximum Gasteiger partial charge on any atom is 0.183 e. The molecule has 4 rings (SSSR count). The van der Waals surface area contributed by atoms with Gasteiger partial charge >= 0.3 is 0 Å². The molecule has 5 heteroatoms. The number of aliphatic hydroxyl groups excluding tert-OH is 3. The Morgan fingerprint density at radius 2 is 1.94 bits per heavy atom. The van der Waals surface area contributed by atoms with Crippen LogP contribution in [0.1, 0.15) is 78.6 Å². The van der Waals surface area contributed by atoms with E-state index in [1.165, 1.54) is 31.3 Å². The van der Waals surface area contributed by atoms with Crippen LogP contribution in [0.2, 0.25) is 0 Å². The van der Waals surface area contributed by atoms with Gasteiger partial charge in [-0.25, -0.2) is 0 Å². The zero-order valence-corrected chi connectivity index (χ0v) is 20.0. The number of fused-ring (bicyclic) bond motifs is 1. The maximum absolute atomic E-state index is 10.3. The third-order valence-corrected chi connectivity index (χ3v) is 9.12. The van der Waals surface area contributed by atoms with Crippen LogP contribution < -0.4 is 0 Å². The molecule has 1 heterocycles. The lowest BCUT2D eigenvalue weighted by atomic mass is 9.60. The zero-order chi connectivity index (χ0) is 23.3. The van der Waals surface area contributed by atoms with E-state index in [1.807, 2.05) is 0 Å². The van der Waals surface area contributed by atoms with Crippen LogP contribution in [0.25, 0.3) is 0 Å². The molecule has 4 fully saturated rings. The van der Waals surface area contributed by atoms with Crippen LogP contribution in [0.4, 0.5) is 0 Å². The first kappa shape index (κ1) is 24.2. The summed E-state index contributed by atoms with van der Waals surface area (Å²) >= 11 is 0. The topological polar surface area (TPSA) is 90.2 Å². The fourth-order valence-electron chi connectivity index (χ4n) is 7.34. The second-order valence-corrected chi connectivity index (χ2v) is 11.5. The molecule has 1 saturated heterocycles. The molecule has 9 atom stereocenters. The van der Waals surface area contributed by atoms with Crippen molar-refractivity contribution in [3.05, 3.63) is 35.5 Å². The number of hydrogen-bond donors (Lipinski definition) is 4. The van der Waals surface area contributed by atoms with Gasteiger partial charge in [-0.1, -0.05) is 38.2 Å². The maximum atomic E-state index is 10.3. The first-order valence-electron chi connectivity index (χ1n) is 12.5. The first-order valence-corrected chi connectivity index (χ1v) is 12.5. The van der Waals surface area contributed by atoms with Crippen molar-refractivity contribution in [3.63, 3.8) is 0 Å².